The maximum Gasteiger partial charge on any atom is 0.309 e. The molecule has 1 aliphatic rings. The number of nitrogens with zero attached hydrogens (tertiary/aromatic N) is 1. The minimum Gasteiger partial charge on any atom is -0.507 e. The number of carbonyl (C=O) groups excluding carboxylic acids is 3. The number of methoxy groups -OCH3 is 3. The maximum absolute atomic E-state index is 13.5. The topological polar surface area (TPSA) is 102 Å². The van der Waals surface area contributed by atoms with Crippen molar-refractivity contribution < 1.29 is 33.7 Å². The number of anilines is 1. The van der Waals surface area contributed by atoms with Gasteiger partial charge in [-0.2, -0.15) is 0 Å². The number of aliphatic hydroxyl groups is 1. The Morgan fingerprint density at radius 2 is 1.63 bits per heavy atom. The van der Waals surface area contributed by atoms with Gasteiger partial charge in [0.15, 0.2) is 0 Å². The van der Waals surface area contributed by atoms with Crippen molar-refractivity contribution in [2.24, 2.45) is 0 Å². The van der Waals surface area contributed by atoms with Crippen molar-refractivity contribution in [2.75, 3.05) is 26.2 Å². The van der Waals surface area contributed by atoms with E-state index >= 15 is 0 Å². The molecule has 196 valence electrons. The van der Waals surface area contributed by atoms with Gasteiger partial charge in [0.2, 0.25) is 0 Å². The van der Waals surface area contributed by atoms with Crippen LogP contribution in [-0.2, 0) is 25.5 Å². The van der Waals surface area contributed by atoms with Gasteiger partial charge in [-0.1, -0.05) is 35.9 Å². The third-order valence-corrected chi connectivity index (χ3v) is 6.59. The van der Waals surface area contributed by atoms with Crippen molar-refractivity contribution in [2.45, 2.75) is 19.4 Å². The van der Waals surface area contributed by atoms with Crippen molar-refractivity contribution in [3.8, 4) is 11.5 Å². The predicted octanol–water partition coefficient (Wildman–Crippen LogP) is 5.01. The van der Waals surface area contributed by atoms with Crippen LogP contribution in [0.2, 0.25) is 5.02 Å². The number of Topliss-reactive ketones (excluding diaryl/α,β-unsaturated/α-hetero) is 1. The molecule has 1 unspecified atom stereocenters. The Morgan fingerprint density at radius 1 is 0.974 bits per heavy atom. The summed E-state index contributed by atoms with van der Waals surface area (Å²) in [6, 6.07) is 15.9. The van der Waals surface area contributed by atoms with Crippen LogP contribution in [0.3, 0.4) is 0 Å². The lowest BCUT2D eigenvalue weighted by Gasteiger charge is -2.26. The summed E-state index contributed by atoms with van der Waals surface area (Å²) < 4.78 is 15.4. The fraction of sp³-hybridized carbons (Fsp3) is 0.207. The monoisotopic (exact) mass is 535 g/mol. The van der Waals surface area contributed by atoms with E-state index in [1.165, 1.54) is 26.2 Å². The van der Waals surface area contributed by atoms with E-state index in [-0.39, 0.29) is 28.3 Å². The summed E-state index contributed by atoms with van der Waals surface area (Å²) in [7, 11) is 4.24. The summed E-state index contributed by atoms with van der Waals surface area (Å²) in [6.07, 6.45) is 0.0609. The number of rotatable bonds is 7. The Morgan fingerprint density at radius 3 is 2.21 bits per heavy atom. The molecule has 1 N–H and O–H groups in total. The zero-order valence-electron chi connectivity index (χ0n) is 21.3. The Labute approximate surface area is 225 Å². The molecule has 1 atom stereocenters. The van der Waals surface area contributed by atoms with Crippen LogP contribution in [-0.4, -0.2) is 44.1 Å². The van der Waals surface area contributed by atoms with Gasteiger partial charge in [0.05, 0.1) is 50.0 Å². The lowest BCUT2D eigenvalue weighted by Crippen LogP contribution is -2.29. The van der Waals surface area contributed by atoms with Crippen LogP contribution in [0.25, 0.3) is 5.76 Å². The SMILES string of the molecule is COC(=O)Cc1ccc(N2C(=O)C(=O)/C(=C(/O)c3cc(C)cc(Cl)c3OC)C2c2ccc(OC)cc2)cc1. The van der Waals surface area contributed by atoms with Gasteiger partial charge in [-0.05, 0) is 60.0 Å². The van der Waals surface area contributed by atoms with E-state index in [1.54, 1.807) is 67.6 Å². The molecule has 3 aromatic rings. The van der Waals surface area contributed by atoms with Gasteiger partial charge in [-0.15, -0.1) is 0 Å². The van der Waals surface area contributed by atoms with E-state index in [1.807, 2.05) is 0 Å². The highest BCUT2D eigenvalue weighted by atomic mass is 35.5. The van der Waals surface area contributed by atoms with Crippen LogP contribution < -0.4 is 14.4 Å². The molecule has 1 heterocycles. The van der Waals surface area contributed by atoms with Crippen molar-refractivity contribution in [3.63, 3.8) is 0 Å². The molecule has 0 saturated carbocycles. The van der Waals surface area contributed by atoms with Gasteiger partial charge in [0.25, 0.3) is 11.7 Å². The third kappa shape index (κ3) is 4.95. The van der Waals surface area contributed by atoms with Crippen LogP contribution in [0.5, 0.6) is 11.5 Å². The number of hydrogen-bond acceptors (Lipinski definition) is 7. The predicted molar refractivity (Wildman–Crippen MR) is 143 cm³/mol. The first-order valence-corrected chi connectivity index (χ1v) is 12.0. The van der Waals surface area contributed by atoms with Gasteiger partial charge in [0, 0.05) is 5.69 Å². The number of halogens is 1. The highest BCUT2D eigenvalue weighted by Gasteiger charge is 2.47. The fourth-order valence-corrected chi connectivity index (χ4v) is 4.82. The molecule has 0 aromatic heterocycles. The van der Waals surface area contributed by atoms with Crippen LogP contribution in [0.1, 0.15) is 28.3 Å². The Hall–Kier alpha value is -4.30. The standard InChI is InChI=1S/C29H26ClNO7/c1-16-13-21(28(38-4)22(30)14-16)26(33)24-25(18-7-11-20(36-2)12-8-18)31(29(35)27(24)34)19-9-5-17(6-10-19)15-23(32)37-3/h5-14,25,33H,15H2,1-4H3/b26-24+. The molecule has 1 amide bonds. The van der Waals surface area contributed by atoms with E-state index in [4.69, 9.17) is 25.8 Å². The summed E-state index contributed by atoms with van der Waals surface area (Å²) in [4.78, 5) is 39.9. The smallest absolute Gasteiger partial charge is 0.309 e. The van der Waals surface area contributed by atoms with Crippen LogP contribution in [0.4, 0.5) is 5.69 Å². The maximum atomic E-state index is 13.5. The molecular formula is C29H26ClNO7. The van der Waals surface area contributed by atoms with Gasteiger partial charge in [0.1, 0.15) is 17.3 Å². The molecule has 3 aromatic carbocycles. The number of amides is 1. The molecule has 4 rings (SSSR count). The Balaban J connectivity index is 1.91. The Kier molecular flexibility index (Phi) is 7.73. The molecule has 0 bridgehead atoms. The fourth-order valence-electron chi connectivity index (χ4n) is 4.47. The quantitative estimate of drug-likeness (QED) is 0.196. The molecule has 38 heavy (non-hydrogen) atoms. The summed E-state index contributed by atoms with van der Waals surface area (Å²) >= 11 is 6.36. The normalized spacial score (nSPS) is 16.4. The number of carbonyl (C=O) groups is 3. The second kappa shape index (κ2) is 11.0. The summed E-state index contributed by atoms with van der Waals surface area (Å²) in [5, 5.41) is 11.8. The van der Waals surface area contributed by atoms with Crippen molar-refractivity contribution in [3.05, 3.63) is 93.5 Å². The minimum atomic E-state index is -0.962. The number of esters is 1. The van der Waals surface area contributed by atoms with Gasteiger partial charge >= 0.3 is 5.97 Å². The van der Waals surface area contributed by atoms with Gasteiger partial charge < -0.3 is 19.3 Å². The summed E-state index contributed by atoms with van der Waals surface area (Å²) in [6.45, 7) is 1.79. The third-order valence-electron chi connectivity index (χ3n) is 6.31. The minimum absolute atomic E-state index is 0.0609. The van der Waals surface area contributed by atoms with Crippen molar-refractivity contribution in [1.29, 1.82) is 0 Å². The largest absolute Gasteiger partial charge is 0.507 e. The molecule has 1 fully saturated rings. The highest BCUT2D eigenvalue weighted by Crippen LogP contribution is 2.44. The first-order chi connectivity index (χ1) is 18.2. The molecule has 0 spiro atoms. The van der Waals surface area contributed by atoms with E-state index in [0.717, 1.165) is 5.56 Å². The second-order valence-electron chi connectivity index (χ2n) is 8.69. The second-order valence-corrected chi connectivity index (χ2v) is 9.10. The zero-order chi connectivity index (χ0) is 27.6. The average molecular weight is 536 g/mol. The number of aryl methyl sites for hydroxylation is 1. The molecule has 9 heteroatoms. The molecule has 1 saturated heterocycles. The summed E-state index contributed by atoms with van der Waals surface area (Å²) in [5.41, 5.74) is 2.48. The van der Waals surface area contributed by atoms with Crippen LogP contribution >= 0.6 is 11.6 Å². The van der Waals surface area contributed by atoms with Gasteiger partial charge in [-0.25, -0.2) is 0 Å². The van der Waals surface area contributed by atoms with E-state index in [9.17, 15) is 19.5 Å². The molecule has 1 aliphatic heterocycles. The van der Waals surface area contributed by atoms with E-state index < -0.39 is 29.5 Å². The number of ketones is 1. The first-order valence-electron chi connectivity index (χ1n) is 11.6. The number of aliphatic hydroxyl groups excluding tert-OH is 1. The van der Waals surface area contributed by atoms with Crippen LogP contribution in [0.15, 0.2) is 66.2 Å². The van der Waals surface area contributed by atoms with Crippen molar-refractivity contribution in [1.82, 2.24) is 0 Å². The molecular weight excluding hydrogens is 510 g/mol. The molecule has 8 nitrogen and oxygen atoms in total. The lowest BCUT2D eigenvalue weighted by molar-refractivity contribution is -0.139. The summed E-state index contributed by atoms with van der Waals surface area (Å²) in [5.74, 6) is -1.71. The number of hydrogen-bond donors (Lipinski definition) is 1. The lowest BCUT2D eigenvalue weighted by atomic mass is 9.94. The van der Waals surface area contributed by atoms with Gasteiger partial charge in [-0.3, -0.25) is 19.3 Å². The average Bonchev–Trinajstić information content (AvgIpc) is 3.18. The van der Waals surface area contributed by atoms with Crippen LogP contribution in [0, 0.1) is 6.92 Å². The van der Waals surface area contributed by atoms with Crippen molar-refractivity contribution >= 4 is 40.7 Å². The number of ether oxygens (including phenoxy) is 3. The van der Waals surface area contributed by atoms with E-state index in [2.05, 4.69) is 0 Å². The number of benzene rings is 3. The van der Waals surface area contributed by atoms with E-state index in [0.29, 0.717) is 22.6 Å². The Bertz CT molecular complexity index is 1430. The highest BCUT2D eigenvalue weighted by molar-refractivity contribution is 6.51. The zero-order valence-corrected chi connectivity index (χ0v) is 22.0. The molecule has 0 aliphatic carbocycles. The first kappa shape index (κ1) is 26.8. The molecule has 0 radical (unpaired) electrons.